The van der Waals surface area contributed by atoms with E-state index in [0.29, 0.717) is 16.6 Å². The molecule has 0 unspecified atom stereocenters. The zero-order valence-electron chi connectivity index (χ0n) is 11.3. The summed E-state index contributed by atoms with van der Waals surface area (Å²) in [5, 5.41) is 13.2. The van der Waals surface area contributed by atoms with Crippen molar-refractivity contribution >= 4 is 17.3 Å². The lowest BCUT2D eigenvalue weighted by atomic mass is 10.0. The van der Waals surface area contributed by atoms with Crippen LogP contribution in [0.25, 0.3) is 0 Å². The van der Waals surface area contributed by atoms with Gasteiger partial charge in [-0.2, -0.15) is 5.26 Å². The van der Waals surface area contributed by atoms with Gasteiger partial charge in [-0.1, -0.05) is 18.5 Å². The topological polar surface area (TPSA) is 39.1 Å². The number of nitrogens with zero attached hydrogens (tertiary/aromatic N) is 2. The molecule has 1 aliphatic rings. The molecule has 102 valence electrons. The van der Waals surface area contributed by atoms with E-state index in [9.17, 15) is 0 Å². The van der Waals surface area contributed by atoms with Crippen LogP contribution in [0.4, 0.5) is 5.69 Å². The first-order valence-electron chi connectivity index (χ1n) is 6.91. The molecule has 19 heavy (non-hydrogen) atoms. The molecular weight excluding hydrogens is 258 g/mol. The van der Waals surface area contributed by atoms with Crippen molar-refractivity contribution in [2.45, 2.75) is 32.2 Å². The molecule has 0 radical (unpaired) electrons. The summed E-state index contributed by atoms with van der Waals surface area (Å²) in [6.07, 6.45) is 3.48. The number of rotatable bonds is 4. The van der Waals surface area contributed by atoms with E-state index in [2.05, 4.69) is 23.2 Å². The maximum atomic E-state index is 9.13. The van der Waals surface area contributed by atoms with Gasteiger partial charge in [-0.05, 0) is 44.0 Å². The fourth-order valence-electron chi connectivity index (χ4n) is 2.57. The number of anilines is 1. The number of nitrogens with one attached hydrogen (secondary N) is 1. The van der Waals surface area contributed by atoms with Crippen LogP contribution in [-0.2, 0) is 0 Å². The number of hydrogen-bond donors (Lipinski definition) is 1. The van der Waals surface area contributed by atoms with Crippen molar-refractivity contribution in [1.29, 1.82) is 5.26 Å². The highest BCUT2D eigenvalue weighted by Gasteiger charge is 2.19. The largest absolute Gasteiger partial charge is 0.381 e. The molecule has 0 saturated carbocycles. The Labute approximate surface area is 120 Å². The van der Waals surface area contributed by atoms with Gasteiger partial charge in [0.25, 0.3) is 0 Å². The average molecular weight is 278 g/mol. The number of piperidine rings is 1. The summed E-state index contributed by atoms with van der Waals surface area (Å²) in [6, 6.07) is 8.11. The molecule has 1 aromatic rings. The SMILES string of the molecule is CCCN1CCC(Nc2ccc(Cl)cc2C#N)CC1. The van der Waals surface area contributed by atoms with Gasteiger partial charge in [0.05, 0.1) is 11.3 Å². The van der Waals surface area contributed by atoms with Crippen LogP contribution in [0.5, 0.6) is 0 Å². The van der Waals surface area contributed by atoms with Gasteiger partial charge >= 0.3 is 0 Å². The Morgan fingerprint density at radius 2 is 2.16 bits per heavy atom. The van der Waals surface area contributed by atoms with Gasteiger partial charge in [-0.15, -0.1) is 0 Å². The molecule has 0 amide bonds. The van der Waals surface area contributed by atoms with E-state index in [4.69, 9.17) is 16.9 Å². The predicted molar refractivity (Wildman–Crippen MR) is 79.5 cm³/mol. The van der Waals surface area contributed by atoms with Crippen molar-refractivity contribution < 1.29 is 0 Å². The van der Waals surface area contributed by atoms with Crippen LogP contribution < -0.4 is 5.32 Å². The van der Waals surface area contributed by atoms with Gasteiger partial charge in [0.2, 0.25) is 0 Å². The van der Waals surface area contributed by atoms with Crippen molar-refractivity contribution in [3.05, 3.63) is 28.8 Å². The Morgan fingerprint density at radius 1 is 1.42 bits per heavy atom. The van der Waals surface area contributed by atoms with Crippen LogP contribution in [0.1, 0.15) is 31.7 Å². The third-order valence-corrected chi connectivity index (χ3v) is 3.82. The van der Waals surface area contributed by atoms with Crippen molar-refractivity contribution in [1.82, 2.24) is 4.90 Å². The monoisotopic (exact) mass is 277 g/mol. The first-order valence-corrected chi connectivity index (χ1v) is 7.29. The Kier molecular flexibility index (Phi) is 5.07. The van der Waals surface area contributed by atoms with Crippen molar-refractivity contribution in [3.63, 3.8) is 0 Å². The molecule has 3 nitrogen and oxygen atoms in total. The van der Waals surface area contributed by atoms with E-state index in [1.165, 1.54) is 13.0 Å². The van der Waals surface area contributed by atoms with Crippen LogP contribution in [0.15, 0.2) is 18.2 Å². The van der Waals surface area contributed by atoms with Crippen LogP contribution >= 0.6 is 11.6 Å². The lowest BCUT2D eigenvalue weighted by Crippen LogP contribution is -2.39. The second-order valence-corrected chi connectivity index (χ2v) is 5.50. The van der Waals surface area contributed by atoms with Gasteiger partial charge in [0, 0.05) is 24.2 Å². The van der Waals surface area contributed by atoms with Gasteiger partial charge in [0.15, 0.2) is 0 Å². The second kappa shape index (κ2) is 6.79. The van der Waals surface area contributed by atoms with E-state index in [0.717, 1.165) is 31.6 Å². The van der Waals surface area contributed by atoms with Crippen molar-refractivity contribution in [2.75, 3.05) is 25.0 Å². The summed E-state index contributed by atoms with van der Waals surface area (Å²) < 4.78 is 0. The van der Waals surface area contributed by atoms with Gasteiger partial charge in [-0.3, -0.25) is 0 Å². The highest BCUT2D eigenvalue weighted by Crippen LogP contribution is 2.23. The number of likely N-dealkylation sites (tertiary alicyclic amines) is 1. The molecule has 0 aromatic heterocycles. The molecule has 0 atom stereocenters. The summed E-state index contributed by atoms with van der Waals surface area (Å²) in [5.74, 6) is 0. The quantitative estimate of drug-likeness (QED) is 0.916. The van der Waals surface area contributed by atoms with Gasteiger partial charge in [-0.25, -0.2) is 0 Å². The Balaban J connectivity index is 1.94. The number of benzene rings is 1. The summed E-state index contributed by atoms with van der Waals surface area (Å²) in [4.78, 5) is 2.51. The molecule has 1 aliphatic heterocycles. The number of halogens is 1. The lowest BCUT2D eigenvalue weighted by molar-refractivity contribution is 0.219. The molecule has 1 heterocycles. The molecule has 0 bridgehead atoms. The van der Waals surface area contributed by atoms with E-state index in [-0.39, 0.29) is 0 Å². The zero-order chi connectivity index (χ0) is 13.7. The third-order valence-electron chi connectivity index (χ3n) is 3.59. The Hall–Kier alpha value is -1.24. The van der Waals surface area contributed by atoms with E-state index < -0.39 is 0 Å². The number of hydrogen-bond acceptors (Lipinski definition) is 3. The summed E-state index contributed by atoms with van der Waals surface area (Å²) in [5.41, 5.74) is 1.53. The lowest BCUT2D eigenvalue weighted by Gasteiger charge is -2.32. The highest BCUT2D eigenvalue weighted by molar-refractivity contribution is 6.30. The minimum Gasteiger partial charge on any atom is -0.381 e. The fourth-order valence-corrected chi connectivity index (χ4v) is 2.74. The number of nitriles is 1. The normalized spacial score (nSPS) is 17.1. The third kappa shape index (κ3) is 3.86. The Morgan fingerprint density at radius 3 is 2.79 bits per heavy atom. The van der Waals surface area contributed by atoms with Crippen LogP contribution in [0.3, 0.4) is 0 Å². The summed E-state index contributed by atoms with van der Waals surface area (Å²) >= 11 is 5.91. The summed E-state index contributed by atoms with van der Waals surface area (Å²) in [7, 11) is 0. The van der Waals surface area contributed by atoms with E-state index in [1.54, 1.807) is 6.07 Å². The molecule has 1 saturated heterocycles. The van der Waals surface area contributed by atoms with Crippen molar-refractivity contribution in [3.8, 4) is 6.07 Å². The van der Waals surface area contributed by atoms with Crippen molar-refractivity contribution in [2.24, 2.45) is 0 Å². The maximum absolute atomic E-state index is 9.13. The van der Waals surface area contributed by atoms with Crippen LogP contribution in [0, 0.1) is 11.3 Å². The minimum atomic E-state index is 0.460. The maximum Gasteiger partial charge on any atom is 0.101 e. The van der Waals surface area contributed by atoms with Gasteiger partial charge < -0.3 is 10.2 Å². The molecule has 1 fully saturated rings. The van der Waals surface area contributed by atoms with Gasteiger partial charge in [0.1, 0.15) is 6.07 Å². The smallest absolute Gasteiger partial charge is 0.101 e. The first-order chi connectivity index (χ1) is 9.22. The van der Waals surface area contributed by atoms with Crippen LogP contribution in [-0.4, -0.2) is 30.6 Å². The van der Waals surface area contributed by atoms with E-state index >= 15 is 0 Å². The standard InChI is InChI=1S/C15H20ClN3/c1-2-7-19-8-5-14(6-9-19)18-15-4-3-13(16)10-12(15)11-17/h3-4,10,14,18H,2,5-9H2,1H3. The average Bonchev–Trinajstić information content (AvgIpc) is 2.43. The molecule has 1 aromatic carbocycles. The fraction of sp³-hybridized carbons (Fsp3) is 0.533. The molecular formula is C15H20ClN3. The Bertz CT molecular complexity index is 459. The van der Waals surface area contributed by atoms with E-state index in [1.807, 2.05) is 12.1 Å². The molecule has 4 heteroatoms. The first kappa shape index (κ1) is 14.2. The molecule has 0 spiro atoms. The zero-order valence-corrected chi connectivity index (χ0v) is 12.1. The second-order valence-electron chi connectivity index (χ2n) is 5.06. The molecule has 1 N–H and O–H groups in total. The predicted octanol–water partition coefficient (Wildman–Crippen LogP) is 3.50. The molecule has 0 aliphatic carbocycles. The summed E-state index contributed by atoms with van der Waals surface area (Å²) in [6.45, 7) is 5.69. The molecule has 2 rings (SSSR count). The van der Waals surface area contributed by atoms with Crippen LogP contribution in [0.2, 0.25) is 5.02 Å². The minimum absolute atomic E-state index is 0.460. The highest BCUT2D eigenvalue weighted by atomic mass is 35.5.